The number of carbonyl (C=O) groups is 5. The molecule has 3 N–H and O–H groups in total. The van der Waals surface area contributed by atoms with E-state index in [0.29, 0.717) is 31.2 Å². The van der Waals surface area contributed by atoms with Crippen LogP contribution in [0.4, 0.5) is 0 Å². The minimum Gasteiger partial charge on any atom is -0.481 e. The van der Waals surface area contributed by atoms with Gasteiger partial charge in [-0.1, -0.05) is 32.0 Å². The number of hydrogen-bond donors (Lipinski definition) is 3. The second-order valence-corrected chi connectivity index (χ2v) is 8.50. The first kappa shape index (κ1) is 25.0. The van der Waals surface area contributed by atoms with Crippen LogP contribution in [0.15, 0.2) is 18.2 Å². The molecule has 0 aliphatic carbocycles. The van der Waals surface area contributed by atoms with Crippen LogP contribution in [0.1, 0.15) is 54.6 Å². The molecule has 3 amide bonds. The normalized spacial score (nSPS) is 17.5. The second-order valence-electron chi connectivity index (χ2n) is 8.50. The van der Waals surface area contributed by atoms with Crippen LogP contribution in [0, 0.1) is 19.8 Å². The average Bonchev–Trinajstić information content (AvgIpc) is 3.20. The van der Waals surface area contributed by atoms with Crippen LogP contribution in [-0.4, -0.2) is 64.7 Å². The maximum Gasteiger partial charge on any atom is 0.305 e. The third kappa shape index (κ3) is 5.93. The van der Waals surface area contributed by atoms with Gasteiger partial charge in [0, 0.05) is 12.1 Å². The summed E-state index contributed by atoms with van der Waals surface area (Å²) in [7, 11) is 0. The van der Waals surface area contributed by atoms with Crippen molar-refractivity contribution in [2.24, 2.45) is 5.92 Å². The molecule has 174 valence electrons. The zero-order chi connectivity index (χ0) is 24.0. The molecule has 0 spiro atoms. The van der Waals surface area contributed by atoms with E-state index in [9.17, 15) is 24.0 Å². The Morgan fingerprint density at radius 3 is 2.31 bits per heavy atom. The van der Waals surface area contributed by atoms with Gasteiger partial charge in [0.25, 0.3) is 5.91 Å². The van der Waals surface area contributed by atoms with E-state index < -0.39 is 36.4 Å². The zero-order valence-corrected chi connectivity index (χ0v) is 18.9. The molecule has 1 aromatic rings. The molecule has 0 unspecified atom stereocenters. The first-order valence-electron chi connectivity index (χ1n) is 10.7. The maximum absolute atomic E-state index is 13.3. The number of carbonyl (C=O) groups excluding carboxylic acids is 4. The molecule has 9 nitrogen and oxygen atoms in total. The number of carboxylic acid groups (broad SMARTS) is 1. The van der Waals surface area contributed by atoms with Crippen LogP contribution in [0.3, 0.4) is 0 Å². The van der Waals surface area contributed by atoms with E-state index in [2.05, 4.69) is 10.6 Å². The molecule has 1 saturated heterocycles. The number of aliphatic carboxylic acids is 1. The van der Waals surface area contributed by atoms with Crippen LogP contribution < -0.4 is 10.6 Å². The summed E-state index contributed by atoms with van der Waals surface area (Å²) < 4.78 is 0. The van der Waals surface area contributed by atoms with Crippen molar-refractivity contribution in [1.29, 1.82) is 0 Å². The first-order valence-corrected chi connectivity index (χ1v) is 10.7. The van der Waals surface area contributed by atoms with Crippen molar-refractivity contribution in [2.75, 3.05) is 6.54 Å². The fourth-order valence-electron chi connectivity index (χ4n) is 3.98. The van der Waals surface area contributed by atoms with E-state index >= 15 is 0 Å². The number of nitrogens with zero attached hydrogens (tertiary/aromatic N) is 1. The van der Waals surface area contributed by atoms with Gasteiger partial charge in [-0.15, -0.1) is 0 Å². The van der Waals surface area contributed by atoms with Gasteiger partial charge in [0.05, 0.1) is 12.5 Å². The minimum absolute atomic E-state index is 0.227. The Morgan fingerprint density at radius 1 is 1.16 bits per heavy atom. The fourth-order valence-corrected chi connectivity index (χ4v) is 3.98. The second kappa shape index (κ2) is 10.9. The average molecular weight is 446 g/mol. The number of carboxylic acids is 1. The van der Waals surface area contributed by atoms with Gasteiger partial charge in [0.1, 0.15) is 18.4 Å². The number of nitrogens with one attached hydrogen (secondary N) is 2. The molecule has 0 radical (unpaired) electrons. The Morgan fingerprint density at radius 2 is 1.78 bits per heavy atom. The highest BCUT2D eigenvalue weighted by atomic mass is 16.4. The Bertz CT molecular complexity index is 877. The third-order valence-corrected chi connectivity index (χ3v) is 5.65. The largest absolute Gasteiger partial charge is 0.481 e. The Balaban J connectivity index is 2.17. The molecule has 1 fully saturated rings. The van der Waals surface area contributed by atoms with Gasteiger partial charge in [-0.2, -0.15) is 0 Å². The van der Waals surface area contributed by atoms with E-state index in [-0.39, 0.29) is 17.7 Å². The number of likely N-dealkylation sites (tertiary alicyclic amines) is 1. The summed E-state index contributed by atoms with van der Waals surface area (Å²) >= 11 is 0. The van der Waals surface area contributed by atoms with E-state index in [4.69, 9.17) is 5.11 Å². The Hall–Kier alpha value is -3.23. The van der Waals surface area contributed by atoms with Crippen LogP contribution >= 0.6 is 0 Å². The lowest BCUT2D eigenvalue weighted by atomic mass is 9.98. The molecule has 0 bridgehead atoms. The topological polar surface area (TPSA) is 133 Å². The van der Waals surface area contributed by atoms with Gasteiger partial charge in [-0.05, 0) is 43.7 Å². The quantitative estimate of drug-likeness (QED) is 0.489. The molecular formula is C23H31N3O6. The molecule has 2 rings (SSSR count). The van der Waals surface area contributed by atoms with Crippen LogP contribution in [0.2, 0.25) is 0 Å². The monoisotopic (exact) mass is 445 g/mol. The molecule has 1 aromatic carbocycles. The number of hydrogen-bond acceptors (Lipinski definition) is 5. The highest BCUT2D eigenvalue weighted by molar-refractivity contribution is 6.00. The SMILES string of the molecule is Cc1cccc(C)c1C(=O)N[C@H](C(=O)N1CCC[C@H]1C(=O)N[C@H](C=O)CC(=O)O)C(C)C. The first-order chi connectivity index (χ1) is 15.1. The summed E-state index contributed by atoms with van der Waals surface area (Å²) in [5, 5.41) is 14.1. The summed E-state index contributed by atoms with van der Waals surface area (Å²) in [5.74, 6) is -2.74. The number of aryl methyl sites for hydroxylation is 2. The highest BCUT2D eigenvalue weighted by Crippen LogP contribution is 2.21. The minimum atomic E-state index is -1.21. The summed E-state index contributed by atoms with van der Waals surface area (Å²) in [4.78, 5) is 62.4. The van der Waals surface area contributed by atoms with Crippen molar-refractivity contribution in [3.05, 3.63) is 34.9 Å². The van der Waals surface area contributed by atoms with E-state index in [1.165, 1.54) is 4.90 Å². The van der Waals surface area contributed by atoms with Crippen molar-refractivity contribution in [3.8, 4) is 0 Å². The lowest BCUT2D eigenvalue weighted by molar-refractivity contribution is -0.142. The highest BCUT2D eigenvalue weighted by Gasteiger charge is 2.39. The fraction of sp³-hybridized carbons (Fsp3) is 0.522. The molecule has 0 saturated carbocycles. The molecule has 9 heteroatoms. The number of aldehydes is 1. The van der Waals surface area contributed by atoms with Crippen LogP contribution in [0.5, 0.6) is 0 Å². The number of amides is 3. The van der Waals surface area contributed by atoms with Gasteiger partial charge in [0.15, 0.2) is 0 Å². The summed E-state index contributed by atoms with van der Waals surface area (Å²) in [6, 6.07) is 2.69. The molecule has 3 atom stereocenters. The van der Waals surface area contributed by atoms with Crippen LogP contribution in [-0.2, 0) is 19.2 Å². The van der Waals surface area contributed by atoms with Gasteiger partial charge >= 0.3 is 5.97 Å². The maximum atomic E-state index is 13.3. The molecule has 1 heterocycles. The molecule has 1 aliphatic heterocycles. The van der Waals surface area contributed by atoms with Crippen molar-refractivity contribution in [1.82, 2.24) is 15.5 Å². The zero-order valence-electron chi connectivity index (χ0n) is 18.9. The standard InChI is InChI=1S/C23H31N3O6/c1-13(2)20(25-22(31)19-14(3)7-5-8-15(19)4)23(32)26-10-6-9-17(26)21(30)24-16(12-27)11-18(28)29/h5,7-8,12-13,16-17,20H,6,9-11H2,1-4H3,(H,24,30)(H,25,31)(H,28,29)/t16-,17-,20-/m0/s1. The number of benzene rings is 1. The summed E-state index contributed by atoms with van der Waals surface area (Å²) in [6.07, 6.45) is 0.821. The van der Waals surface area contributed by atoms with Gasteiger partial charge in [0.2, 0.25) is 11.8 Å². The van der Waals surface area contributed by atoms with Gasteiger partial charge in [-0.3, -0.25) is 19.2 Å². The van der Waals surface area contributed by atoms with Crippen LogP contribution in [0.25, 0.3) is 0 Å². The molecule has 32 heavy (non-hydrogen) atoms. The predicted octanol–water partition coefficient (Wildman–Crippen LogP) is 1.21. The molecule has 1 aliphatic rings. The number of rotatable bonds is 9. The lowest BCUT2D eigenvalue weighted by Crippen LogP contribution is -2.56. The molecule has 0 aromatic heterocycles. The Kier molecular flexibility index (Phi) is 8.51. The van der Waals surface area contributed by atoms with Gasteiger partial charge < -0.3 is 25.4 Å². The smallest absolute Gasteiger partial charge is 0.305 e. The van der Waals surface area contributed by atoms with Crippen molar-refractivity contribution >= 4 is 30.0 Å². The lowest BCUT2D eigenvalue weighted by Gasteiger charge is -2.31. The third-order valence-electron chi connectivity index (χ3n) is 5.65. The van der Waals surface area contributed by atoms with Crippen molar-refractivity contribution in [2.45, 2.75) is 65.1 Å². The summed E-state index contributed by atoms with van der Waals surface area (Å²) in [6.45, 7) is 7.62. The van der Waals surface area contributed by atoms with E-state index in [1.54, 1.807) is 0 Å². The summed E-state index contributed by atoms with van der Waals surface area (Å²) in [5.41, 5.74) is 2.12. The van der Waals surface area contributed by atoms with Crippen molar-refractivity contribution < 1.29 is 29.1 Å². The molecular weight excluding hydrogens is 414 g/mol. The van der Waals surface area contributed by atoms with Gasteiger partial charge in [-0.25, -0.2) is 0 Å². The van der Waals surface area contributed by atoms with Crippen molar-refractivity contribution in [3.63, 3.8) is 0 Å². The Labute approximate surface area is 187 Å². The van der Waals surface area contributed by atoms with E-state index in [1.807, 2.05) is 45.9 Å². The van der Waals surface area contributed by atoms with E-state index in [0.717, 1.165) is 11.1 Å². The predicted molar refractivity (Wildman–Crippen MR) is 117 cm³/mol.